The van der Waals surface area contributed by atoms with Crippen LogP contribution in [0.4, 0.5) is 15.8 Å². The first-order chi connectivity index (χ1) is 14.4. The second-order valence-electron chi connectivity index (χ2n) is 7.43. The summed E-state index contributed by atoms with van der Waals surface area (Å²) in [6, 6.07) is 11.4. The molecule has 3 amide bonds. The summed E-state index contributed by atoms with van der Waals surface area (Å²) in [6.07, 6.45) is 1.88. The Morgan fingerprint density at radius 1 is 1.17 bits per heavy atom. The highest BCUT2D eigenvalue weighted by atomic mass is 32.2. The predicted octanol–water partition coefficient (Wildman–Crippen LogP) is 3.20. The molecule has 1 fully saturated rings. The van der Waals surface area contributed by atoms with E-state index in [-0.39, 0.29) is 24.2 Å². The van der Waals surface area contributed by atoms with E-state index < -0.39 is 11.2 Å². The Bertz CT molecular complexity index is 1010. The number of carbonyl (C=O) groups excluding carboxylic acids is 3. The molecule has 0 radical (unpaired) electrons. The van der Waals surface area contributed by atoms with Gasteiger partial charge in [0.2, 0.25) is 11.8 Å². The van der Waals surface area contributed by atoms with Crippen molar-refractivity contribution in [3.8, 4) is 0 Å². The third-order valence-electron chi connectivity index (χ3n) is 5.30. The Kier molecular flexibility index (Phi) is 5.76. The fraction of sp³-hybridized carbons (Fsp3) is 0.318. The molecule has 1 atom stereocenters. The van der Waals surface area contributed by atoms with Crippen LogP contribution >= 0.6 is 11.8 Å². The smallest absolute Gasteiger partial charge is 0.250 e. The van der Waals surface area contributed by atoms with Crippen molar-refractivity contribution in [1.82, 2.24) is 4.90 Å². The molecule has 6 nitrogen and oxygen atoms in total. The minimum absolute atomic E-state index is 0.197. The van der Waals surface area contributed by atoms with E-state index >= 15 is 0 Å². The van der Waals surface area contributed by atoms with E-state index in [2.05, 4.69) is 5.32 Å². The zero-order valence-electron chi connectivity index (χ0n) is 16.6. The summed E-state index contributed by atoms with van der Waals surface area (Å²) in [5, 5.41) is 1.84. The van der Waals surface area contributed by atoms with Gasteiger partial charge in [0.1, 0.15) is 12.4 Å². The highest BCUT2D eigenvalue weighted by molar-refractivity contribution is 8.01. The molecule has 2 heterocycles. The fourth-order valence-electron chi connectivity index (χ4n) is 3.74. The summed E-state index contributed by atoms with van der Waals surface area (Å²) in [4.78, 5) is 42.8. The second kappa shape index (κ2) is 8.47. The fourth-order valence-corrected chi connectivity index (χ4v) is 4.93. The van der Waals surface area contributed by atoms with E-state index in [4.69, 9.17) is 0 Å². The standard InChI is InChI=1S/C22H22FN3O3S/c1-14-12-15(23)8-9-16(14)24-19(27)13-26-17-6-2-3-7-18(17)30-20(22(26)29)21(28)25-10-4-5-11-25/h2-3,6-9,12,20H,4-5,10-11,13H2,1H3,(H,24,27)/t20-/m1/s1. The van der Waals surface area contributed by atoms with E-state index in [1.807, 2.05) is 12.1 Å². The Hall–Kier alpha value is -2.87. The van der Waals surface area contributed by atoms with Crippen LogP contribution in [0.2, 0.25) is 0 Å². The Labute approximate surface area is 178 Å². The van der Waals surface area contributed by atoms with Crippen molar-refractivity contribution < 1.29 is 18.8 Å². The lowest BCUT2D eigenvalue weighted by Crippen LogP contribution is -2.51. The largest absolute Gasteiger partial charge is 0.341 e. The Morgan fingerprint density at radius 3 is 2.63 bits per heavy atom. The number of thioether (sulfide) groups is 1. The summed E-state index contributed by atoms with van der Waals surface area (Å²) >= 11 is 1.24. The summed E-state index contributed by atoms with van der Waals surface area (Å²) in [5.41, 5.74) is 1.69. The highest BCUT2D eigenvalue weighted by Gasteiger charge is 2.41. The number of likely N-dealkylation sites (tertiary alicyclic amines) is 1. The molecule has 1 N–H and O–H groups in total. The average molecular weight is 428 g/mol. The molecule has 4 rings (SSSR count). The van der Waals surface area contributed by atoms with Crippen LogP contribution < -0.4 is 10.2 Å². The number of hydrogen-bond donors (Lipinski definition) is 1. The van der Waals surface area contributed by atoms with Gasteiger partial charge in [-0.2, -0.15) is 0 Å². The van der Waals surface area contributed by atoms with E-state index in [0.29, 0.717) is 30.0 Å². The van der Waals surface area contributed by atoms with Crippen LogP contribution in [0.5, 0.6) is 0 Å². The third kappa shape index (κ3) is 4.05. The van der Waals surface area contributed by atoms with Crippen LogP contribution in [0.15, 0.2) is 47.4 Å². The monoisotopic (exact) mass is 427 g/mol. The highest BCUT2D eigenvalue weighted by Crippen LogP contribution is 2.40. The topological polar surface area (TPSA) is 69.7 Å². The number of anilines is 2. The molecule has 2 aliphatic rings. The van der Waals surface area contributed by atoms with E-state index in [1.165, 1.54) is 34.9 Å². The first-order valence-electron chi connectivity index (χ1n) is 9.86. The average Bonchev–Trinajstić information content (AvgIpc) is 3.26. The van der Waals surface area contributed by atoms with Gasteiger partial charge in [-0.1, -0.05) is 12.1 Å². The maximum absolute atomic E-state index is 13.3. The minimum Gasteiger partial charge on any atom is -0.341 e. The molecule has 0 aromatic heterocycles. The van der Waals surface area contributed by atoms with Crippen molar-refractivity contribution in [2.24, 2.45) is 0 Å². The van der Waals surface area contributed by atoms with Crippen molar-refractivity contribution in [3.63, 3.8) is 0 Å². The number of rotatable bonds is 4. The molecule has 0 unspecified atom stereocenters. The van der Waals surface area contributed by atoms with Crippen LogP contribution in [0.1, 0.15) is 18.4 Å². The molecule has 0 bridgehead atoms. The molecule has 0 saturated carbocycles. The maximum atomic E-state index is 13.3. The predicted molar refractivity (Wildman–Crippen MR) is 114 cm³/mol. The van der Waals surface area contributed by atoms with Crippen LogP contribution in [0.3, 0.4) is 0 Å². The molecule has 2 aliphatic heterocycles. The van der Waals surface area contributed by atoms with Gasteiger partial charge < -0.3 is 15.1 Å². The van der Waals surface area contributed by atoms with Gasteiger partial charge in [-0.3, -0.25) is 14.4 Å². The second-order valence-corrected chi connectivity index (χ2v) is 8.58. The summed E-state index contributed by atoms with van der Waals surface area (Å²) in [5.74, 6) is -1.38. The quantitative estimate of drug-likeness (QED) is 0.761. The van der Waals surface area contributed by atoms with Gasteiger partial charge in [0.05, 0.1) is 5.69 Å². The molecular formula is C22H22FN3O3S. The van der Waals surface area contributed by atoms with Gasteiger partial charge >= 0.3 is 0 Å². The van der Waals surface area contributed by atoms with E-state index in [0.717, 1.165) is 17.7 Å². The maximum Gasteiger partial charge on any atom is 0.250 e. The van der Waals surface area contributed by atoms with Crippen molar-refractivity contribution in [1.29, 1.82) is 0 Å². The van der Waals surface area contributed by atoms with Crippen molar-refractivity contribution in [2.75, 3.05) is 29.9 Å². The van der Waals surface area contributed by atoms with Gasteiger partial charge in [-0.05, 0) is 55.7 Å². The number of benzene rings is 2. The van der Waals surface area contributed by atoms with Crippen molar-refractivity contribution >= 4 is 40.9 Å². The molecule has 2 aromatic carbocycles. The number of carbonyl (C=O) groups is 3. The molecule has 2 aromatic rings. The first kappa shape index (κ1) is 20.4. The SMILES string of the molecule is Cc1cc(F)ccc1NC(=O)CN1C(=O)[C@@H](C(=O)N2CCCC2)Sc2ccccc21. The van der Waals surface area contributed by atoms with Crippen molar-refractivity contribution in [3.05, 3.63) is 53.8 Å². The zero-order valence-corrected chi connectivity index (χ0v) is 17.4. The lowest BCUT2D eigenvalue weighted by atomic mass is 10.2. The molecular weight excluding hydrogens is 405 g/mol. The number of fused-ring (bicyclic) bond motifs is 1. The summed E-state index contributed by atoms with van der Waals surface area (Å²) in [6.45, 7) is 2.79. The Morgan fingerprint density at radius 2 is 1.90 bits per heavy atom. The van der Waals surface area contributed by atoms with E-state index in [1.54, 1.807) is 24.0 Å². The zero-order chi connectivity index (χ0) is 21.3. The van der Waals surface area contributed by atoms with Crippen molar-refractivity contribution in [2.45, 2.75) is 29.9 Å². The van der Waals surface area contributed by atoms with Gasteiger partial charge in [0.15, 0.2) is 5.25 Å². The van der Waals surface area contributed by atoms with Gasteiger partial charge in [0, 0.05) is 23.7 Å². The lowest BCUT2D eigenvalue weighted by Gasteiger charge is -2.34. The van der Waals surface area contributed by atoms with Gasteiger partial charge in [0.25, 0.3) is 5.91 Å². The number of aryl methyl sites for hydroxylation is 1. The van der Waals surface area contributed by atoms with Crippen LogP contribution in [0.25, 0.3) is 0 Å². The molecule has 8 heteroatoms. The number of nitrogens with one attached hydrogen (secondary N) is 1. The third-order valence-corrected chi connectivity index (χ3v) is 6.54. The van der Waals surface area contributed by atoms with Gasteiger partial charge in [-0.25, -0.2) is 4.39 Å². The Balaban J connectivity index is 1.56. The van der Waals surface area contributed by atoms with Crippen LogP contribution in [0, 0.1) is 12.7 Å². The minimum atomic E-state index is -0.890. The number of halogens is 1. The molecule has 156 valence electrons. The number of amides is 3. The number of nitrogens with zero attached hydrogens (tertiary/aromatic N) is 2. The number of para-hydroxylation sites is 1. The molecule has 0 aliphatic carbocycles. The summed E-state index contributed by atoms with van der Waals surface area (Å²) in [7, 11) is 0. The van der Waals surface area contributed by atoms with E-state index in [9.17, 15) is 18.8 Å². The number of hydrogen-bond acceptors (Lipinski definition) is 4. The summed E-state index contributed by atoms with van der Waals surface area (Å²) < 4.78 is 13.3. The lowest BCUT2D eigenvalue weighted by molar-refractivity contribution is -0.134. The van der Waals surface area contributed by atoms with Crippen LogP contribution in [-0.2, 0) is 14.4 Å². The van der Waals surface area contributed by atoms with Crippen LogP contribution in [-0.4, -0.2) is 47.5 Å². The van der Waals surface area contributed by atoms with Gasteiger partial charge in [-0.15, -0.1) is 11.8 Å². The molecule has 1 saturated heterocycles. The molecule has 0 spiro atoms. The molecule has 30 heavy (non-hydrogen) atoms. The first-order valence-corrected chi connectivity index (χ1v) is 10.7. The normalized spacial score (nSPS) is 18.3.